The standard InChI is InChI=1S/C22H18F4N2O5/c1-31-20(29)17-4-2-15(12-27-17)16(10-13-6-8-28(30)9-7-13)14-3-5-18(32-21(23)24)19(11-14)33-22(25)26/h2-9,11-12,16,21-22H,10H2,1H3. The van der Waals surface area contributed by atoms with Gasteiger partial charge in [-0.1, -0.05) is 12.1 Å². The molecule has 3 aromatic rings. The molecule has 0 bridgehead atoms. The fraction of sp³-hybridized carbons (Fsp3) is 0.227. The number of rotatable bonds is 9. The SMILES string of the molecule is COC(=O)c1ccc(C(Cc2cc[n+]([O-])cc2)c2ccc(OC(F)F)c(OC(F)F)c2)cn1. The summed E-state index contributed by atoms with van der Waals surface area (Å²) in [7, 11) is 1.21. The second kappa shape index (κ2) is 10.6. The van der Waals surface area contributed by atoms with Gasteiger partial charge in [-0.2, -0.15) is 22.3 Å². The third kappa shape index (κ3) is 6.31. The number of halogens is 4. The first-order valence-corrected chi connectivity index (χ1v) is 9.52. The average Bonchev–Trinajstić information content (AvgIpc) is 2.79. The molecule has 1 aromatic carbocycles. The lowest BCUT2D eigenvalue weighted by molar-refractivity contribution is -0.605. The van der Waals surface area contributed by atoms with Crippen molar-refractivity contribution in [3.8, 4) is 11.5 Å². The van der Waals surface area contributed by atoms with Crippen LogP contribution in [0.1, 0.15) is 33.1 Å². The Kier molecular flexibility index (Phi) is 7.65. The first-order valence-electron chi connectivity index (χ1n) is 9.52. The molecule has 0 saturated heterocycles. The number of hydrogen-bond donors (Lipinski definition) is 0. The zero-order chi connectivity index (χ0) is 24.0. The minimum atomic E-state index is -3.26. The lowest BCUT2D eigenvalue weighted by atomic mass is 9.86. The van der Waals surface area contributed by atoms with Crippen molar-refractivity contribution in [1.29, 1.82) is 0 Å². The number of carbonyl (C=O) groups excluding carboxylic acids is 1. The molecule has 11 heteroatoms. The second-order valence-corrected chi connectivity index (χ2v) is 6.75. The number of esters is 1. The van der Waals surface area contributed by atoms with Crippen LogP contribution in [0.3, 0.4) is 0 Å². The summed E-state index contributed by atoms with van der Waals surface area (Å²) in [4.78, 5) is 15.8. The largest absolute Gasteiger partial charge is 0.619 e. The maximum Gasteiger partial charge on any atom is 0.387 e. The molecule has 2 heterocycles. The van der Waals surface area contributed by atoms with E-state index in [1.54, 1.807) is 18.2 Å². The smallest absolute Gasteiger partial charge is 0.387 e. The van der Waals surface area contributed by atoms with Crippen LogP contribution in [-0.2, 0) is 11.2 Å². The Morgan fingerprint density at radius 3 is 2.18 bits per heavy atom. The number of carbonyl (C=O) groups is 1. The summed E-state index contributed by atoms with van der Waals surface area (Å²) in [6.07, 6.45) is 4.32. The van der Waals surface area contributed by atoms with Crippen molar-refractivity contribution in [2.75, 3.05) is 7.11 Å². The molecule has 0 aliphatic heterocycles. The minimum absolute atomic E-state index is 0.0644. The van der Waals surface area contributed by atoms with Crippen molar-refractivity contribution in [3.63, 3.8) is 0 Å². The molecule has 3 rings (SSSR count). The highest BCUT2D eigenvalue weighted by Crippen LogP contribution is 2.36. The van der Waals surface area contributed by atoms with Crippen molar-refractivity contribution < 1.29 is 41.3 Å². The molecule has 0 saturated carbocycles. The zero-order valence-electron chi connectivity index (χ0n) is 17.2. The van der Waals surface area contributed by atoms with Gasteiger partial charge in [-0.15, -0.1) is 0 Å². The predicted molar refractivity (Wildman–Crippen MR) is 106 cm³/mol. The summed E-state index contributed by atoms with van der Waals surface area (Å²) in [6.45, 7) is -6.49. The first kappa shape index (κ1) is 23.8. The van der Waals surface area contributed by atoms with Crippen LogP contribution < -0.4 is 14.2 Å². The Balaban J connectivity index is 2.04. The highest BCUT2D eigenvalue weighted by atomic mass is 19.3. The predicted octanol–water partition coefficient (Wildman–Crippen LogP) is 4.08. The quantitative estimate of drug-likeness (QED) is 0.205. The van der Waals surface area contributed by atoms with Crippen LogP contribution in [0, 0.1) is 5.21 Å². The summed E-state index contributed by atoms with van der Waals surface area (Å²) >= 11 is 0. The van der Waals surface area contributed by atoms with Gasteiger partial charge in [-0.05, 0) is 41.3 Å². The summed E-state index contributed by atoms with van der Waals surface area (Å²) in [5, 5.41) is 11.4. The van der Waals surface area contributed by atoms with E-state index in [2.05, 4.69) is 19.2 Å². The van der Waals surface area contributed by atoms with E-state index in [0.29, 0.717) is 22.3 Å². The number of aromatic nitrogens is 2. The second-order valence-electron chi connectivity index (χ2n) is 6.75. The van der Waals surface area contributed by atoms with Crippen molar-refractivity contribution in [2.45, 2.75) is 25.6 Å². The Labute approximate surface area is 185 Å². The highest BCUT2D eigenvalue weighted by molar-refractivity contribution is 5.87. The van der Waals surface area contributed by atoms with Crippen molar-refractivity contribution in [2.24, 2.45) is 0 Å². The topological polar surface area (TPSA) is 84.6 Å². The van der Waals surface area contributed by atoms with Crippen LogP contribution >= 0.6 is 0 Å². The molecule has 0 fully saturated rings. The number of hydrogen-bond acceptors (Lipinski definition) is 6. The van der Waals surface area contributed by atoms with Crippen LogP contribution in [0.25, 0.3) is 0 Å². The molecule has 1 unspecified atom stereocenters. The number of alkyl halides is 4. The molecule has 174 valence electrons. The molecule has 0 spiro atoms. The molecule has 7 nitrogen and oxygen atoms in total. The number of pyridine rings is 2. The van der Waals surface area contributed by atoms with Gasteiger partial charge in [0.2, 0.25) is 0 Å². The van der Waals surface area contributed by atoms with Gasteiger partial charge < -0.3 is 19.4 Å². The Morgan fingerprint density at radius 2 is 1.61 bits per heavy atom. The number of nitrogens with zero attached hydrogens (tertiary/aromatic N) is 2. The highest BCUT2D eigenvalue weighted by Gasteiger charge is 2.22. The van der Waals surface area contributed by atoms with E-state index in [-0.39, 0.29) is 5.69 Å². The van der Waals surface area contributed by atoms with E-state index in [9.17, 15) is 27.6 Å². The summed E-state index contributed by atoms with van der Waals surface area (Å²) in [6, 6.07) is 9.94. The van der Waals surface area contributed by atoms with Crippen molar-refractivity contribution in [3.05, 3.63) is 88.6 Å². The fourth-order valence-electron chi connectivity index (χ4n) is 3.20. The first-order chi connectivity index (χ1) is 15.8. The number of benzene rings is 1. The summed E-state index contributed by atoms with van der Waals surface area (Å²) < 4.78 is 65.0. The van der Waals surface area contributed by atoms with E-state index in [1.165, 1.54) is 43.9 Å². The Morgan fingerprint density at radius 1 is 0.970 bits per heavy atom. The summed E-state index contributed by atoms with van der Waals surface area (Å²) in [5.74, 6) is -2.26. The van der Waals surface area contributed by atoms with E-state index in [0.717, 1.165) is 11.6 Å². The molecule has 0 aliphatic rings. The van der Waals surface area contributed by atoms with E-state index >= 15 is 0 Å². The molecule has 0 amide bonds. The molecule has 1 atom stereocenters. The lowest BCUT2D eigenvalue weighted by Crippen LogP contribution is -2.24. The normalized spacial score (nSPS) is 12.0. The number of methoxy groups -OCH3 is 1. The van der Waals surface area contributed by atoms with E-state index < -0.39 is 36.6 Å². The lowest BCUT2D eigenvalue weighted by Gasteiger charge is -2.20. The van der Waals surface area contributed by atoms with Gasteiger partial charge in [-0.25, -0.2) is 9.78 Å². The van der Waals surface area contributed by atoms with Crippen LogP contribution in [-0.4, -0.2) is 31.3 Å². The molecule has 0 aliphatic carbocycles. The maximum atomic E-state index is 12.9. The molecule has 2 aromatic heterocycles. The zero-order valence-corrected chi connectivity index (χ0v) is 17.2. The van der Waals surface area contributed by atoms with Crippen molar-refractivity contribution in [1.82, 2.24) is 4.98 Å². The van der Waals surface area contributed by atoms with Crippen LogP contribution in [0.2, 0.25) is 0 Å². The molecule has 0 N–H and O–H groups in total. The molecule has 33 heavy (non-hydrogen) atoms. The third-order valence-electron chi connectivity index (χ3n) is 4.70. The van der Waals surface area contributed by atoms with Gasteiger partial charge in [0.1, 0.15) is 5.69 Å². The van der Waals surface area contributed by atoms with Crippen LogP contribution in [0.5, 0.6) is 11.5 Å². The molecule has 0 radical (unpaired) electrons. The molecular weight excluding hydrogens is 448 g/mol. The summed E-state index contributed by atoms with van der Waals surface area (Å²) in [5.41, 5.74) is 1.81. The minimum Gasteiger partial charge on any atom is -0.619 e. The van der Waals surface area contributed by atoms with Crippen LogP contribution in [0.4, 0.5) is 17.6 Å². The molecular formula is C22H18F4N2O5. The van der Waals surface area contributed by atoms with E-state index in [1.807, 2.05) is 0 Å². The monoisotopic (exact) mass is 466 g/mol. The van der Waals surface area contributed by atoms with Crippen LogP contribution in [0.15, 0.2) is 61.1 Å². The van der Waals surface area contributed by atoms with Crippen molar-refractivity contribution >= 4 is 5.97 Å². The van der Waals surface area contributed by atoms with E-state index in [4.69, 9.17) is 0 Å². The van der Waals surface area contributed by atoms with Gasteiger partial charge >= 0.3 is 19.2 Å². The number of ether oxygens (including phenoxy) is 3. The van der Waals surface area contributed by atoms with Gasteiger partial charge in [0.05, 0.1) is 7.11 Å². The van der Waals surface area contributed by atoms with Gasteiger partial charge in [-0.3, -0.25) is 0 Å². The fourth-order valence-corrected chi connectivity index (χ4v) is 3.20. The third-order valence-corrected chi connectivity index (χ3v) is 4.70. The maximum absolute atomic E-state index is 12.9. The Hall–Kier alpha value is -3.89. The van der Waals surface area contributed by atoms with Gasteiger partial charge in [0.15, 0.2) is 23.9 Å². The van der Waals surface area contributed by atoms with Gasteiger partial charge in [0, 0.05) is 24.2 Å². The van der Waals surface area contributed by atoms with Gasteiger partial charge in [0.25, 0.3) is 0 Å². The average molecular weight is 466 g/mol. The Bertz CT molecular complexity index is 1080.